The van der Waals surface area contributed by atoms with Crippen molar-refractivity contribution in [2.45, 2.75) is 33.2 Å². The molecule has 3 rings (SSSR count). The van der Waals surface area contributed by atoms with E-state index in [1.807, 2.05) is 43.3 Å². The van der Waals surface area contributed by atoms with E-state index in [4.69, 9.17) is 4.74 Å². The molecule has 0 aliphatic rings. The van der Waals surface area contributed by atoms with Gasteiger partial charge in [0.2, 0.25) is 5.95 Å². The summed E-state index contributed by atoms with van der Waals surface area (Å²) >= 11 is 0. The molecular weight excluding hydrogens is 364 g/mol. The maximum Gasteiger partial charge on any atom is 0.270 e. The molecular formula is C23H26N4O2. The third-order valence-electron chi connectivity index (χ3n) is 4.68. The van der Waals surface area contributed by atoms with Gasteiger partial charge in [-0.2, -0.15) is 0 Å². The summed E-state index contributed by atoms with van der Waals surface area (Å²) < 4.78 is 5.32. The van der Waals surface area contributed by atoms with Crippen LogP contribution in [0.25, 0.3) is 0 Å². The zero-order valence-electron chi connectivity index (χ0n) is 17.2. The number of ether oxygens (including phenoxy) is 1. The fourth-order valence-electron chi connectivity index (χ4n) is 3.11. The molecule has 6 heteroatoms. The molecule has 3 aromatic rings. The molecule has 2 N–H and O–H groups in total. The van der Waals surface area contributed by atoms with Crippen LogP contribution in [0.3, 0.4) is 0 Å². The molecule has 0 unspecified atom stereocenters. The second-order valence-electron chi connectivity index (χ2n) is 7.08. The number of rotatable bonds is 7. The summed E-state index contributed by atoms with van der Waals surface area (Å²) in [6, 6.07) is 15.3. The van der Waals surface area contributed by atoms with Crippen molar-refractivity contribution >= 4 is 17.5 Å². The Hall–Kier alpha value is -3.41. The van der Waals surface area contributed by atoms with Crippen molar-refractivity contribution in [1.29, 1.82) is 0 Å². The molecule has 0 fully saturated rings. The molecule has 1 amide bonds. The standard InChI is InChI=1S/C23H26N4O2/c1-15(2)18-10-7-8-16(3)21(18)27-23-24-13-12-19(26-23)22(28)25-14-17-9-5-6-11-20(17)29-4/h5-13,15H,14H2,1-4H3,(H,25,28)(H,24,26,27). The van der Waals surface area contributed by atoms with Crippen LogP contribution in [-0.2, 0) is 6.54 Å². The van der Waals surface area contributed by atoms with E-state index in [9.17, 15) is 4.79 Å². The summed E-state index contributed by atoms with van der Waals surface area (Å²) in [5.74, 6) is 1.21. The van der Waals surface area contributed by atoms with E-state index < -0.39 is 0 Å². The van der Waals surface area contributed by atoms with Gasteiger partial charge in [0, 0.05) is 24.0 Å². The van der Waals surface area contributed by atoms with Gasteiger partial charge in [0.25, 0.3) is 5.91 Å². The van der Waals surface area contributed by atoms with E-state index >= 15 is 0 Å². The second kappa shape index (κ2) is 9.19. The van der Waals surface area contributed by atoms with Gasteiger partial charge < -0.3 is 15.4 Å². The zero-order chi connectivity index (χ0) is 20.8. The first-order valence-corrected chi connectivity index (χ1v) is 9.59. The van der Waals surface area contributed by atoms with Gasteiger partial charge in [-0.3, -0.25) is 4.79 Å². The largest absolute Gasteiger partial charge is 0.496 e. The molecule has 1 aromatic heterocycles. The van der Waals surface area contributed by atoms with Crippen molar-refractivity contribution in [3.63, 3.8) is 0 Å². The molecule has 0 saturated carbocycles. The average molecular weight is 390 g/mol. The molecule has 0 aliphatic heterocycles. The number of nitrogens with zero attached hydrogens (tertiary/aromatic N) is 2. The number of carbonyl (C=O) groups excluding carboxylic acids is 1. The number of hydrogen-bond donors (Lipinski definition) is 2. The number of carbonyl (C=O) groups is 1. The van der Waals surface area contributed by atoms with Gasteiger partial charge in [-0.1, -0.05) is 50.2 Å². The van der Waals surface area contributed by atoms with E-state index in [1.54, 1.807) is 19.4 Å². The van der Waals surface area contributed by atoms with Gasteiger partial charge in [-0.05, 0) is 36.1 Å². The summed E-state index contributed by atoms with van der Waals surface area (Å²) in [6.07, 6.45) is 1.58. The lowest BCUT2D eigenvalue weighted by atomic mass is 9.98. The van der Waals surface area contributed by atoms with E-state index in [-0.39, 0.29) is 5.91 Å². The Bertz CT molecular complexity index is 1000. The molecule has 29 heavy (non-hydrogen) atoms. The Morgan fingerprint density at radius 2 is 1.90 bits per heavy atom. The van der Waals surface area contributed by atoms with Crippen LogP contribution in [0.4, 0.5) is 11.6 Å². The van der Waals surface area contributed by atoms with Gasteiger partial charge >= 0.3 is 0 Å². The summed E-state index contributed by atoms with van der Waals surface area (Å²) in [5, 5.41) is 6.17. The molecule has 0 bridgehead atoms. The summed E-state index contributed by atoms with van der Waals surface area (Å²) in [4.78, 5) is 21.3. The fourth-order valence-corrected chi connectivity index (χ4v) is 3.11. The van der Waals surface area contributed by atoms with Crippen LogP contribution in [0, 0.1) is 6.92 Å². The van der Waals surface area contributed by atoms with Crippen molar-refractivity contribution < 1.29 is 9.53 Å². The Balaban J connectivity index is 1.75. The lowest BCUT2D eigenvalue weighted by molar-refractivity contribution is 0.0945. The van der Waals surface area contributed by atoms with Crippen LogP contribution in [0.1, 0.15) is 46.9 Å². The number of aromatic nitrogens is 2. The number of amides is 1. The Kier molecular flexibility index (Phi) is 6.44. The first-order chi connectivity index (χ1) is 14.0. The molecule has 0 aliphatic carbocycles. The van der Waals surface area contributed by atoms with Gasteiger partial charge in [0.15, 0.2) is 0 Å². The molecule has 0 saturated heterocycles. The zero-order valence-corrected chi connectivity index (χ0v) is 17.2. The third kappa shape index (κ3) is 4.90. The summed E-state index contributed by atoms with van der Waals surface area (Å²) in [6.45, 7) is 6.67. The minimum absolute atomic E-state index is 0.268. The van der Waals surface area contributed by atoms with Crippen LogP contribution in [0.2, 0.25) is 0 Å². The minimum Gasteiger partial charge on any atom is -0.496 e. The summed E-state index contributed by atoms with van der Waals surface area (Å²) in [7, 11) is 1.61. The van der Waals surface area contributed by atoms with Crippen molar-refractivity contribution in [1.82, 2.24) is 15.3 Å². The van der Waals surface area contributed by atoms with Crippen LogP contribution >= 0.6 is 0 Å². The highest BCUT2D eigenvalue weighted by atomic mass is 16.5. The molecule has 0 radical (unpaired) electrons. The smallest absolute Gasteiger partial charge is 0.270 e. The highest BCUT2D eigenvalue weighted by molar-refractivity contribution is 5.92. The predicted octanol–water partition coefficient (Wildman–Crippen LogP) is 4.59. The van der Waals surface area contributed by atoms with Crippen molar-refractivity contribution in [3.8, 4) is 5.75 Å². The third-order valence-corrected chi connectivity index (χ3v) is 4.68. The molecule has 2 aromatic carbocycles. The van der Waals surface area contributed by atoms with Gasteiger partial charge in [0.05, 0.1) is 7.11 Å². The lowest BCUT2D eigenvalue weighted by Gasteiger charge is -2.16. The normalized spacial score (nSPS) is 10.7. The van der Waals surface area contributed by atoms with E-state index in [1.165, 1.54) is 5.56 Å². The van der Waals surface area contributed by atoms with E-state index in [0.717, 1.165) is 22.6 Å². The van der Waals surface area contributed by atoms with Crippen LogP contribution < -0.4 is 15.4 Å². The maximum absolute atomic E-state index is 12.6. The predicted molar refractivity (Wildman–Crippen MR) is 115 cm³/mol. The Morgan fingerprint density at radius 1 is 1.10 bits per heavy atom. The molecule has 0 spiro atoms. The second-order valence-corrected chi connectivity index (χ2v) is 7.08. The van der Waals surface area contributed by atoms with Crippen LogP contribution in [-0.4, -0.2) is 23.0 Å². The number of methoxy groups -OCH3 is 1. The number of para-hydroxylation sites is 2. The molecule has 1 heterocycles. The number of anilines is 2. The number of nitrogens with one attached hydrogen (secondary N) is 2. The topological polar surface area (TPSA) is 76.1 Å². The van der Waals surface area contributed by atoms with Crippen molar-refractivity contribution in [3.05, 3.63) is 77.1 Å². The van der Waals surface area contributed by atoms with Crippen LogP contribution in [0.5, 0.6) is 5.75 Å². The van der Waals surface area contributed by atoms with Crippen molar-refractivity contribution in [2.75, 3.05) is 12.4 Å². The van der Waals surface area contributed by atoms with Crippen molar-refractivity contribution in [2.24, 2.45) is 0 Å². The Morgan fingerprint density at radius 3 is 2.66 bits per heavy atom. The highest BCUT2D eigenvalue weighted by Crippen LogP contribution is 2.29. The number of aryl methyl sites for hydroxylation is 1. The minimum atomic E-state index is -0.268. The lowest BCUT2D eigenvalue weighted by Crippen LogP contribution is -2.24. The first kappa shape index (κ1) is 20.3. The SMILES string of the molecule is COc1ccccc1CNC(=O)c1ccnc(Nc2c(C)cccc2C(C)C)n1. The first-order valence-electron chi connectivity index (χ1n) is 9.59. The number of hydrogen-bond acceptors (Lipinski definition) is 5. The monoisotopic (exact) mass is 390 g/mol. The molecule has 150 valence electrons. The Labute approximate surface area is 171 Å². The van der Waals surface area contributed by atoms with Gasteiger partial charge in [-0.15, -0.1) is 0 Å². The average Bonchev–Trinajstić information content (AvgIpc) is 2.73. The molecule has 6 nitrogen and oxygen atoms in total. The number of benzene rings is 2. The van der Waals surface area contributed by atoms with Crippen LogP contribution in [0.15, 0.2) is 54.7 Å². The maximum atomic E-state index is 12.6. The fraction of sp³-hybridized carbons (Fsp3) is 0.261. The summed E-state index contributed by atoms with van der Waals surface area (Å²) in [5.41, 5.74) is 4.47. The quantitative estimate of drug-likeness (QED) is 0.617. The molecule has 0 atom stereocenters. The highest BCUT2D eigenvalue weighted by Gasteiger charge is 2.13. The van der Waals surface area contributed by atoms with E-state index in [2.05, 4.69) is 40.5 Å². The van der Waals surface area contributed by atoms with E-state index in [0.29, 0.717) is 24.1 Å². The van der Waals surface area contributed by atoms with Gasteiger partial charge in [0.1, 0.15) is 11.4 Å². The van der Waals surface area contributed by atoms with Gasteiger partial charge in [-0.25, -0.2) is 9.97 Å².